The van der Waals surface area contributed by atoms with Crippen LogP contribution in [0.15, 0.2) is 82.0 Å². The van der Waals surface area contributed by atoms with Gasteiger partial charge in [-0.1, -0.05) is 61.9 Å². The molecule has 146 valence electrons. The molecule has 0 saturated carbocycles. The number of hydrogen-bond donors (Lipinski definition) is 2. The van der Waals surface area contributed by atoms with E-state index in [1.54, 1.807) is 24.3 Å². The van der Waals surface area contributed by atoms with Crippen LogP contribution >= 0.6 is 0 Å². The summed E-state index contributed by atoms with van der Waals surface area (Å²) in [6.07, 6.45) is 1.19. The largest absolute Gasteiger partial charge is 0.403 e. The molecule has 0 bridgehead atoms. The van der Waals surface area contributed by atoms with Crippen molar-refractivity contribution in [3.8, 4) is 11.5 Å². The van der Waals surface area contributed by atoms with Crippen molar-refractivity contribution < 1.29 is 9.52 Å². The van der Waals surface area contributed by atoms with Crippen LogP contribution in [0, 0.1) is 0 Å². The van der Waals surface area contributed by atoms with Crippen molar-refractivity contribution in [2.45, 2.75) is 26.0 Å². The number of nitrogens with one attached hydrogen (secondary N) is 1. The van der Waals surface area contributed by atoms with E-state index in [0.717, 1.165) is 18.4 Å². The second-order valence-corrected chi connectivity index (χ2v) is 6.91. The molecule has 4 aromatic rings. The van der Waals surface area contributed by atoms with Crippen LogP contribution in [-0.2, 0) is 6.42 Å². The van der Waals surface area contributed by atoms with Crippen molar-refractivity contribution in [1.29, 1.82) is 0 Å². The summed E-state index contributed by atoms with van der Waals surface area (Å²) >= 11 is 0. The van der Waals surface area contributed by atoms with Gasteiger partial charge in [-0.3, -0.25) is 0 Å². The Bertz CT molecular complexity index is 1180. The number of aliphatic hydroxyl groups excluding tert-OH is 1. The van der Waals surface area contributed by atoms with Gasteiger partial charge < -0.3 is 14.8 Å². The van der Waals surface area contributed by atoms with Gasteiger partial charge in [-0.25, -0.2) is 9.78 Å². The second kappa shape index (κ2) is 8.29. The van der Waals surface area contributed by atoms with E-state index in [1.807, 2.05) is 48.5 Å². The highest BCUT2D eigenvalue weighted by Gasteiger charge is 2.15. The Hall–Kier alpha value is -3.44. The number of aryl methyl sites for hydroxylation is 1. The summed E-state index contributed by atoms with van der Waals surface area (Å²) in [5.74, 6) is 0.210. The van der Waals surface area contributed by atoms with E-state index in [-0.39, 0.29) is 5.89 Å². The topological polar surface area (TPSA) is 75.4 Å². The smallest absolute Gasteiger partial charge is 0.347 e. The minimum Gasteiger partial charge on any atom is -0.403 e. The van der Waals surface area contributed by atoms with E-state index in [1.165, 1.54) is 5.56 Å². The minimum atomic E-state index is -0.904. The molecule has 3 aromatic carbocycles. The predicted molar refractivity (Wildman–Crippen MR) is 115 cm³/mol. The average molecular weight is 386 g/mol. The number of anilines is 1. The average Bonchev–Trinajstić information content (AvgIpc) is 2.75. The Morgan fingerprint density at radius 1 is 1.00 bits per heavy atom. The molecule has 0 aliphatic heterocycles. The lowest BCUT2D eigenvalue weighted by atomic mass is 10.1. The van der Waals surface area contributed by atoms with E-state index in [4.69, 9.17) is 4.42 Å². The number of fused-ring (bicyclic) bond motifs is 1. The highest BCUT2D eigenvalue weighted by atomic mass is 16.4. The van der Waals surface area contributed by atoms with Crippen LogP contribution in [-0.4, -0.2) is 10.1 Å². The molecule has 2 N–H and O–H groups in total. The summed E-state index contributed by atoms with van der Waals surface area (Å²) in [4.78, 5) is 16.8. The third-order valence-corrected chi connectivity index (χ3v) is 4.82. The van der Waals surface area contributed by atoms with E-state index < -0.39 is 11.9 Å². The number of benzene rings is 3. The lowest BCUT2D eigenvalue weighted by Crippen LogP contribution is -2.11. The first-order valence-electron chi connectivity index (χ1n) is 9.68. The van der Waals surface area contributed by atoms with Gasteiger partial charge in [0.15, 0.2) is 6.23 Å². The molecule has 0 amide bonds. The fourth-order valence-corrected chi connectivity index (χ4v) is 3.32. The van der Waals surface area contributed by atoms with Crippen molar-refractivity contribution in [2.75, 3.05) is 5.32 Å². The zero-order chi connectivity index (χ0) is 20.2. The summed E-state index contributed by atoms with van der Waals surface area (Å²) in [6, 6.07) is 22.3. The van der Waals surface area contributed by atoms with Crippen LogP contribution in [0.4, 0.5) is 5.69 Å². The van der Waals surface area contributed by atoms with Crippen molar-refractivity contribution in [1.82, 2.24) is 4.98 Å². The Kier molecular flexibility index (Phi) is 5.40. The van der Waals surface area contributed by atoms with Crippen LogP contribution < -0.4 is 10.9 Å². The van der Waals surface area contributed by atoms with Gasteiger partial charge in [0.05, 0.1) is 16.5 Å². The van der Waals surface area contributed by atoms with Crippen LogP contribution in [0.25, 0.3) is 22.4 Å². The van der Waals surface area contributed by atoms with Crippen molar-refractivity contribution in [2.24, 2.45) is 0 Å². The highest BCUT2D eigenvalue weighted by molar-refractivity contribution is 5.80. The summed E-state index contributed by atoms with van der Waals surface area (Å²) in [6.45, 7) is 2.14. The quantitative estimate of drug-likeness (QED) is 0.461. The molecule has 0 spiro atoms. The van der Waals surface area contributed by atoms with Gasteiger partial charge in [-0.15, -0.1) is 0 Å². The summed E-state index contributed by atoms with van der Waals surface area (Å²) in [5.41, 5.74) is 3.37. The molecule has 5 heteroatoms. The first kappa shape index (κ1) is 18.9. The molecule has 1 unspecified atom stereocenters. The molecule has 1 heterocycles. The third-order valence-electron chi connectivity index (χ3n) is 4.82. The van der Waals surface area contributed by atoms with E-state index in [9.17, 15) is 9.90 Å². The highest BCUT2D eigenvalue weighted by Crippen LogP contribution is 2.29. The normalized spacial score (nSPS) is 12.1. The third kappa shape index (κ3) is 4.05. The first-order valence-corrected chi connectivity index (χ1v) is 9.68. The number of para-hydroxylation sites is 2. The number of rotatable bonds is 6. The molecule has 1 aromatic heterocycles. The molecule has 0 radical (unpaired) electrons. The Balaban J connectivity index is 1.66. The van der Waals surface area contributed by atoms with Gasteiger partial charge in [0, 0.05) is 11.3 Å². The fraction of sp³-hybridized carbons (Fsp3) is 0.167. The van der Waals surface area contributed by atoms with E-state index in [0.29, 0.717) is 22.2 Å². The molecule has 5 nitrogen and oxygen atoms in total. The van der Waals surface area contributed by atoms with Crippen molar-refractivity contribution >= 4 is 16.6 Å². The maximum Gasteiger partial charge on any atom is 0.347 e. The van der Waals surface area contributed by atoms with Gasteiger partial charge in [0.1, 0.15) is 0 Å². The minimum absolute atomic E-state index is 0.210. The van der Waals surface area contributed by atoms with Crippen LogP contribution in [0.1, 0.15) is 30.7 Å². The summed E-state index contributed by atoms with van der Waals surface area (Å²) in [7, 11) is 0. The maximum absolute atomic E-state index is 12.3. The maximum atomic E-state index is 12.3. The molecular weight excluding hydrogens is 364 g/mol. The zero-order valence-corrected chi connectivity index (χ0v) is 16.1. The molecule has 0 aliphatic rings. The molecule has 0 fully saturated rings. The van der Waals surface area contributed by atoms with E-state index >= 15 is 0 Å². The van der Waals surface area contributed by atoms with Gasteiger partial charge >= 0.3 is 5.63 Å². The predicted octanol–water partition coefficient (Wildman–Crippen LogP) is 4.91. The van der Waals surface area contributed by atoms with Gasteiger partial charge in [0.2, 0.25) is 5.89 Å². The standard InChI is InChI=1S/C24H22N2O3/c1-2-7-16-12-14-17(15-13-16)22(27)25-20-10-5-3-8-18(20)23-26-21-11-6-4-9-19(21)24(28)29-23/h3-6,8-15,22,25,27H,2,7H2,1H3. The molecule has 1 atom stereocenters. The molecule has 4 rings (SSSR count). The molecule has 0 saturated heterocycles. The molecule has 0 aliphatic carbocycles. The SMILES string of the molecule is CCCc1ccc(C(O)Nc2ccccc2-c2nc3ccccc3c(=O)o2)cc1. The van der Waals surface area contributed by atoms with Crippen molar-refractivity contribution in [3.05, 3.63) is 94.3 Å². The van der Waals surface area contributed by atoms with Crippen molar-refractivity contribution in [3.63, 3.8) is 0 Å². The summed E-state index contributed by atoms with van der Waals surface area (Å²) in [5, 5.41) is 14.2. The number of aliphatic hydroxyl groups is 1. The number of nitrogens with zero attached hydrogens (tertiary/aromatic N) is 1. The van der Waals surface area contributed by atoms with Gasteiger partial charge in [0.25, 0.3) is 0 Å². The lowest BCUT2D eigenvalue weighted by molar-refractivity contribution is 0.208. The van der Waals surface area contributed by atoms with Crippen LogP contribution in [0.2, 0.25) is 0 Å². The van der Waals surface area contributed by atoms with Gasteiger partial charge in [-0.05, 0) is 36.2 Å². The number of hydrogen-bond acceptors (Lipinski definition) is 5. The second-order valence-electron chi connectivity index (χ2n) is 6.91. The summed E-state index contributed by atoms with van der Waals surface area (Å²) < 4.78 is 5.46. The van der Waals surface area contributed by atoms with Crippen LogP contribution in [0.3, 0.4) is 0 Å². The monoisotopic (exact) mass is 386 g/mol. The lowest BCUT2D eigenvalue weighted by Gasteiger charge is -2.17. The Morgan fingerprint density at radius 2 is 1.72 bits per heavy atom. The molecule has 29 heavy (non-hydrogen) atoms. The van der Waals surface area contributed by atoms with E-state index in [2.05, 4.69) is 17.2 Å². The van der Waals surface area contributed by atoms with Gasteiger partial charge in [-0.2, -0.15) is 0 Å². The Morgan fingerprint density at radius 3 is 2.52 bits per heavy atom. The first-order chi connectivity index (χ1) is 14.2. The number of aromatic nitrogens is 1. The Labute approximate surface area is 168 Å². The molecular formula is C24H22N2O3. The zero-order valence-electron chi connectivity index (χ0n) is 16.1. The van der Waals surface area contributed by atoms with Crippen LogP contribution in [0.5, 0.6) is 0 Å². The fourth-order valence-electron chi connectivity index (χ4n) is 3.32.